The van der Waals surface area contributed by atoms with Gasteiger partial charge in [0.05, 0.1) is 60.1 Å². The summed E-state index contributed by atoms with van der Waals surface area (Å²) in [5.41, 5.74) is 6.82. The molecule has 0 saturated heterocycles. The van der Waals surface area contributed by atoms with Crippen molar-refractivity contribution in [1.29, 1.82) is 0 Å². The van der Waals surface area contributed by atoms with Gasteiger partial charge in [-0.1, -0.05) is 60.7 Å². The first-order valence-corrected chi connectivity index (χ1v) is 17.5. The average molecular weight is 707 g/mol. The first-order valence-electron chi connectivity index (χ1n) is 14.8. The van der Waals surface area contributed by atoms with E-state index in [0.29, 0.717) is 22.8 Å². The van der Waals surface area contributed by atoms with Crippen LogP contribution in [0.2, 0.25) is 0 Å². The van der Waals surface area contributed by atoms with Crippen molar-refractivity contribution >= 4 is 62.3 Å². The third kappa shape index (κ3) is 9.14. The summed E-state index contributed by atoms with van der Waals surface area (Å²) in [6, 6.07) is 18.1. The van der Waals surface area contributed by atoms with E-state index >= 15 is 0 Å². The fourth-order valence-corrected chi connectivity index (χ4v) is 7.09. The molecule has 15 heteroatoms. The van der Waals surface area contributed by atoms with Gasteiger partial charge in [-0.3, -0.25) is 24.8 Å². The second-order valence-corrected chi connectivity index (χ2v) is 13.2. The molecule has 5 aromatic rings. The lowest BCUT2D eigenvalue weighted by Crippen LogP contribution is -2.54. The number of thiazole rings is 3. The van der Waals surface area contributed by atoms with Crippen LogP contribution in [0.1, 0.15) is 16.0 Å². The van der Waals surface area contributed by atoms with E-state index in [0.717, 1.165) is 16.0 Å². The summed E-state index contributed by atoms with van der Waals surface area (Å²) in [4.78, 5) is 58.7. The minimum absolute atomic E-state index is 0.0117. The molecule has 0 unspecified atom stereocenters. The van der Waals surface area contributed by atoms with Crippen LogP contribution in [0.3, 0.4) is 0 Å². The highest BCUT2D eigenvalue weighted by molar-refractivity contribution is 7.14. The summed E-state index contributed by atoms with van der Waals surface area (Å²) in [6.07, 6.45) is 3.77. The molecule has 0 spiro atoms. The molecule has 0 aliphatic heterocycles. The van der Waals surface area contributed by atoms with E-state index in [1.165, 1.54) is 62.9 Å². The molecule has 2 atom stereocenters. The standard InChI is InChI=1S/C33H34N6O6S3/c1-43-32(41)38(29-16-35-22-47-29)26(13-24-9-5-3-6-10-24)18-37(31(40)45-20-28-15-34-21-46-28)19-27(14-25-11-7-4-8-12-25)39(33(42)44-2)30-17-36-23-48-30/h3-12,15-17,21-23,26-27H,13-14,18-20H2,1-2H3/t26-,27-/m0/s1. The lowest BCUT2D eigenvalue weighted by molar-refractivity contribution is 0.0905. The van der Waals surface area contributed by atoms with E-state index in [9.17, 15) is 14.4 Å². The zero-order valence-corrected chi connectivity index (χ0v) is 28.7. The monoisotopic (exact) mass is 706 g/mol. The van der Waals surface area contributed by atoms with Gasteiger partial charge in [0.15, 0.2) is 0 Å². The van der Waals surface area contributed by atoms with Crippen molar-refractivity contribution in [1.82, 2.24) is 19.9 Å². The number of carbonyl (C=O) groups is 3. The maximum atomic E-state index is 14.1. The molecule has 48 heavy (non-hydrogen) atoms. The van der Waals surface area contributed by atoms with Gasteiger partial charge in [-0.2, -0.15) is 0 Å². The molecule has 0 aliphatic carbocycles. The molecule has 3 aromatic heterocycles. The Kier molecular flexibility index (Phi) is 12.5. The second kappa shape index (κ2) is 17.3. The minimum Gasteiger partial charge on any atom is -0.452 e. The average Bonchev–Trinajstić information content (AvgIpc) is 3.93. The Labute approximate surface area is 290 Å². The SMILES string of the molecule is COC(=O)N(c1cncs1)[C@@H](Cc1ccccc1)CN(C[C@H](Cc1ccccc1)N(C(=O)OC)c1cncs1)C(=O)OCc1cncs1. The van der Waals surface area contributed by atoms with Crippen molar-refractivity contribution in [2.45, 2.75) is 31.5 Å². The topological polar surface area (TPSA) is 127 Å². The molecule has 12 nitrogen and oxygen atoms in total. The van der Waals surface area contributed by atoms with Crippen LogP contribution in [0, 0.1) is 0 Å². The Balaban J connectivity index is 1.55. The largest absolute Gasteiger partial charge is 0.452 e. The van der Waals surface area contributed by atoms with Crippen LogP contribution in [0.5, 0.6) is 0 Å². The summed E-state index contributed by atoms with van der Waals surface area (Å²) < 4.78 is 16.3. The molecule has 0 aliphatic rings. The predicted octanol–water partition coefficient (Wildman–Crippen LogP) is 6.76. The molecule has 0 radical (unpaired) electrons. The summed E-state index contributed by atoms with van der Waals surface area (Å²) in [5, 5.41) is 1.12. The molecule has 250 valence electrons. The smallest absolute Gasteiger partial charge is 0.415 e. The first-order chi connectivity index (χ1) is 23.5. The fourth-order valence-electron chi connectivity index (χ4n) is 5.21. The van der Waals surface area contributed by atoms with Gasteiger partial charge in [0.1, 0.15) is 16.6 Å². The van der Waals surface area contributed by atoms with Crippen LogP contribution in [0.15, 0.2) is 95.8 Å². The second-order valence-electron chi connectivity index (χ2n) is 10.5. The van der Waals surface area contributed by atoms with E-state index in [4.69, 9.17) is 14.2 Å². The van der Waals surface area contributed by atoms with E-state index in [1.54, 1.807) is 35.1 Å². The predicted molar refractivity (Wildman–Crippen MR) is 186 cm³/mol. The number of hydrogen-bond acceptors (Lipinski definition) is 12. The van der Waals surface area contributed by atoms with E-state index in [-0.39, 0.29) is 19.7 Å². The van der Waals surface area contributed by atoms with Gasteiger partial charge < -0.3 is 19.1 Å². The van der Waals surface area contributed by atoms with Crippen molar-refractivity contribution in [2.75, 3.05) is 37.1 Å². The molecular formula is C33H34N6O6S3. The van der Waals surface area contributed by atoms with Crippen LogP contribution >= 0.6 is 34.0 Å². The Morgan fingerprint density at radius 3 is 1.50 bits per heavy atom. The number of anilines is 2. The fraction of sp³-hybridized carbons (Fsp3) is 0.273. The number of hydrogen-bond donors (Lipinski definition) is 0. The lowest BCUT2D eigenvalue weighted by atomic mass is 10.0. The number of benzene rings is 2. The van der Waals surface area contributed by atoms with Crippen molar-refractivity contribution in [3.63, 3.8) is 0 Å². The number of carbonyl (C=O) groups excluding carboxylic acids is 3. The maximum absolute atomic E-state index is 14.1. The molecule has 0 saturated carbocycles. The first kappa shape index (κ1) is 34.5. The quantitative estimate of drug-likeness (QED) is 0.115. The highest BCUT2D eigenvalue weighted by Gasteiger charge is 2.35. The zero-order chi connectivity index (χ0) is 33.7. The van der Waals surface area contributed by atoms with E-state index < -0.39 is 30.4 Å². The van der Waals surface area contributed by atoms with Crippen LogP contribution in [0.4, 0.5) is 24.4 Å². The van der Waals surface area contributed by atoms with Crippen LogP contribution in [-0.2, 0) is 33.7 Å². The van der Waals surface area contributed by atoms with Crippen molar-refractivity contribution in [3.8, 4) is 0 Å². The number of nitrogens with zero attached hydrogens (tertiary/aromatic N) is 6. The van der Waals surface area contributed by atoms with Gasteiger partial charge >= 0.3 is 18.3 Å². The molecule has 5 rings (SSSR count). The molecule has 0 bridgehead atoms. The Bertz CT molecular complexity index is 1590. The van der Waals surface area contributed by atoms with Crippen molar-refractivity contribution in [2.24, 2.45) is 0 Å². The number of methoxy groups -OCH3 is 2. The Morgan fingerprint density at radius 2 is 1.10 bits per heavy atom. The van der Waals surface area contributed by atoms with Crippen LogP contribution < -0.4 is 9.80 Å². The molecule has 0 N–H and O–H groups in total. The minimum atomic E-state index is -0.622. The van der Waals surface area contributed by atoms with Crippen molar-refractivity contribution < 1.29 is 28.6 Å². The number of amides is 3. The normalized spacial score (nSPS) is 12.0. The summed E-state index contributed by atoms with van der Waals surface area (Å²) in [7, 11) is 2.63. The number of ether oxygens (including phenoxy) is 3. The molecule has 2 aromatic carbocycles. The van der Waals surface area contributed by atoms with E-state index in [2.05, 4.69) is 15.0 Å². The lowest BCUT2D eigenvalue weighted by Gasteiger charge is -2.37. The van der Waals surface area contributed by atoms with Gasteiger partial charge in [-0.25, -0.2) is 14.4 Å². The van der Waals surface area contributed by atoms with E-state index in [1.807, 2.05) is 60.7 Å². The van der Waals surface area contributed by atoms with Gasteiger partial charge in [-0.05, 0) is 24.0 Å². The van der Waals surface area contributed by atoms with Crippen LogP contribution in [0.25, 0.3) is 0 Å². The zero-order valence-electron chi connectivity index (χ0n) is 26.3. The van der Waals surface area contributed by atoms with Gasteiger partial charge in [0, 0.05) is 19.3 Å². The Hall–Kier alpha value is -4.86. The number of aromatic nitrogens is 3. The number of rotatable bonds is 14. The summed E-state index contributed by atoms with van der Waals surface area (Å²) in [6.45, 7) is 0.0800. The third-order valence-corrected chi connectivity index (χ3v) is 9.65. The summed E-state index contributed by atoms with van der Waals surface area (Å²) in [5.74, 6) is 0. The highest BCUT2D eigenvalue weighted by atomic mass is 32.1. The Morgan fingerprint density at radius 1 is 0.646 bits per heavy atom. The molecular weight excluding hydrogens is 673 g/mol. The van der Waals surface area contributed by atoms with Gasteiger partial charge in [0.25, 0.3) is 0 Å². The van der Waals surface area contributed by atoms with Gasteiger partial charge in [-0.15, -0.1) is 34.0 Å². The maximum Gasteiger partial charge on any atom is 0.415 e. The molecule has 3 heterocycles. The van der Waals surface area contributed by atoms with Crippen molar-refractivity contribution in [3.05, 3.63) is 112 Å². The van der Waals surface area contributed by atoms with Crippen LogP contribution in [-0.4, -0.2) is 77.5 Å². The summed E-state index contributed by atoms with van der Waals surface area (Å²) >= 11 is 3.94. The molecule has 0 fully saturated rings. The third-order valence-electron chi connectivity index (χ3n) is 7.36. The highest BCUT2D eigenvalue weighted by Crippen LogP contribution is 2.28. The molecule has 3 amide bonds. The van der Waals surface area contributed by atoms with Gasteiger partial charge in [0.2, 0.25) is 0 Å².